The van der Waals surface area contributed by atoms with Crippen LogP contribution in [0.1, 0.15) is 31.2 Å². The number of halogens is 2. The molecule has 3 aromatic rings. The Morgan fingerprint density at radius 2 is 1.82 bits per heavy atom. The number of ether oxygens (including phenoxy) is 1. The van der Waals surface area contributed by atoms with Crippen molar-refractivity contribution in [2.45, 2.75) is 37.5 Å². The van der Waals surface area contributed by atoms with E-state index >= 15 is 0 Å². The Morgan fingerprint density at radius 1 is 1.11 bits per heavy atom. The van der Waals surface area contributed by atoms with Gasteiger partial charge in [-0.1, -0.05) is 11.9 Å². The second-order valence-corrected chi connectivity index (χ2v) is 10.2. The molecule has 0 radical (unpaired) electrons. The summed E-state index contributed by atoms with van der Waals surface area (Å²) in [6, 6.07) is 6.31. The Hall–Kier alpha value is -3.58. The molecule has 1 N–H and O–H groups in total. The van der Waals surface area contributed by atoms with Crippen LogP contribution in [0.3, 0.4) is 0 Å². The fourth-order valence-corrected chi connectivity index (χ4v) is 5.69. The van der Waals surface area contributed by atoms with Gasteiger partial charge in [0, 0.05) is 38.0 Å². The minimum atomic E-state index is -0.801. The van der Waals surface area contributed by atoms with E-state index in [4.69, 9.17) is 4.74 Å². The molecule has 0 unspecified atom stereocenters. The summed E-state index contributed by atoms with van der Waals surface area (Å²) in [5, 5.41) is 13.5. The van der Waals surface area contributed by atoms with Gasteiger partial charge >= 0.3 is 11.4 Å². The Bertz CT molecular complexity index is 1360. The van der Waals surface area contributed by atoms with Crippen LogP contribution in [0.15, 0.2) is 47.5 Å². The maximum Gasteiger partial charge on any atom is 0.412 e. The lowest BCUT2D eigenvalue weighted by atomic mass is 10.2. The average Bonchev–Trinajstić information content (AvgIpc) is 3.42. The Kier molecular flexibility index (Phi) is 7.84. The number of rotatable bonds is 8. The molecule has 0 spiro atoms. The molecule has 2 aliphatic rings. The van der Waals surface area contributed by atoms with Crippen LogP contribution in [-0.4, -0.2) is 61.5 Å². The molecule has 10 nitrogen and oxygen atoms in total. The van der Waals surface area contributed by atoms with Crippen molar-refractivity contribution in [3.05, 3.63) is 75.2 Å². The van der Waals surface area contributed by atoms with Gasteiger partial charge in [0.2, 0.25) is 5.75 Å². The first-order chi connectivity index (χ1) is 18.4. The maximum atomic E-state index is 13.9. The lowest BCUT2D eigenvalue weighted by Crippen LogP contribution is -2.44. The fraction of sp³-hybridized carbons (Fsp3) is 0.400. The van der Waals surface area contributed by atoms with Crippen LogP contribution in [0.5, 0.6) is 5.75 Å². The van der Waals surface area contributed by atoms with E-state index in [9.17, 15) is 23.7 Å². The molecule has 1 aliphatic heterocycles. The van der Waals surface area contributed by atoms with E-state index in [1.165, 1.54) is 24.3 Å². The van der Waals surface area contributed by atoms with E-state index < -0.39 is 17.2 Å². The molecule has 2 aromatic heterocycles. The number of benzene rings is 1. The molecule has 0 atom stereocenters. The highest BCUT2D eigenvalue weighted by Gasteiger charge is 2.27. The van der Waals surface area contributed by atoms with Gasteiger partial charge in [-0.3, -0.25) is 4.79 Å². The number of hydrogen-bond acceptors (Lipinski definition) is 8. The van der Waals surface area contributed by atoms with E-state index in [-0.39, 0.29) is 28.3 Å². The summed E-state index contributed by atoms with van der Waals surface area (Å²) in [5.41, 5.74) is 0.597. The van der Waals surface area contributed by atoms with Gasteiger partial charge in [-0.15, -0.1) is 0 Å². The summed E-state index contributed by atoms with van der Waals surface area (Å²) >= 11 is 1.52. The van der Waals surface area contributed by atoms with Gasteiger partial charge in [-0.25, -0.2) is 13.1 Å². The van der Waals surface area contributed by atoms with E-state index in [0.29, 0.717) is 43.2 Å². The highest BCUT2D eigenvalue weighted by molar-refractivity contribution is 7.96. The molecule has 0 bridgehead atoms. The van der Waals surface area contributed by atoms with Gasteiger partial charge in [0.25, 0.3) is 0 Å². The smallest absolute Gasteiger partial charge is 0.412 e. The van der Waals surface area contributed by atoms with Gasteiger partial charge in [0.1, 0.15) is 23.5 Å². The van der Waals surface area contributed by atoms with E-state index in [1.807, 2.05) is 4.90 Å². The van der Waals surface area contributed by atoms with Crippen LogP contribution in [0.4, 0.5) is 20.3 Å². The number of nitrogens with zero attached hydrogens (tertiary/aromatic N) is 6. The summed E-state index contributed by atoms with van der Waals surface area (Å²) in [7, 11) is 0. The first-order valence-corrected chi connectivity index (χ1v) is 13.3. The third-order valence-corrected chi connectivity index (χ3v) is 7.79. The van der Waals surface area contributed by atoms with Gasteiger partial charge in [-0.05, 0) is 59.8 Å². The number of aromatic nitrogens is 3. The molecule has 1 saturated heterocycles. The number of piperazine rings is 1. The topological polar surface area (TPSA) is 104 Å². The molecule has 1 aromatic carbocycles. The van der Waals surface area contributed by atoms with E-state index in [0.717, 1.165) is 48.6 Å². The van der Waals surface area contributed by atoms with Crippen molar-refractivity contribution in [2.24, 2.45) is 0 Å². The second-order valence-electron chi connectivity index (χ2n) is 9.18. The summed E-state index contributed by atoms with van der Waals surface area (Å²) < 4.78 is 37.0. The van der Waals surface area contributed by atoms with E-state index in [2.05, 4.69) is 14.4 Å². The minimum absolute atomic E-state index is 0.00848. The fourth-order valence-electron chi connectivity index (χ4n) is 4.72. The Labute approximate surface area is 221 Å². The lowest BCUT2D eigenvalue weighted by Gasteiger charge is -2.35. The number of hydrogen-bond donors (Lipinski definition) is 1. The van der Waals surface area contributed by atoms with Gasteiger partial charge < -0.3 is 14.8 Å². The first kappa shape index (κ1) is 26.0. The summed E-state index contributed by atoms with van der Waals surface area (Å²) in [6.07, 6.45) is 6.58. The monoisotopic (exact) mass is 545 g/mol. The average molecular weight is 546 g/mol. The molecule has 1 saturated carbocycles. The zero-order valence-electron chi connectivity index (χ0n) is 20.5. The predicted molar refractivity (Wildman–Crippen MR) is 137 cm³/mol. The highest BCUT2D eigenvalue weighted by Crippen LogP contribution is 2.31. The molecule has 5 rings (SSSR count). The van der Waals surface area contributed by atoms with Crippen molar-refractivity contribution in [3.8, 4) is 11.4 Å². The quantitative estimate of drug-likeness (QED) is 0.332. The van der Waals surface area contributed by atoms with Crippen molar-refractivity contribution >= 4 is 23.5 Å². The molecular weight excluding hydrogens is 518 g/mol. The van der Waals surface area contributed by atoms with Crippen LogP contribution in [0.2, 0.25) is 0 Å². The third-order valence-electron chi connectivity index (χ3n) is 6.62. The molecule has 13 heteroatoms. The summed E-state index contributed by atoms with van der Waals surface area (Å²) in [5.74, 6) is -1.04. The Morgan fingerprint density at radius 3 is 2.50 bits per heavy atom. The lowest BCUT2D eigenvalue weighted by molar-refractivity contribution is -0.732. The highest BCUT2D eigenvalue weighted by atomic mass is 32.2. The van der Waals surface area contributed by atoms with Gasteiger partial charge in [0.05, 0.1) is 23.6 Å². The maximum absolute atomic E-state index is 13.9. The Balaban J connectivity index is 1.34. The second kappa shape index (κ2) is 11.4. The van der Waals surface area contributed by atoms with Crippen molar-refractivity contribution in [1.29, 1.82) is 0 Å². The minimum Gasteiger partial charge on any atom is -0.483 e. The van der Waals surface area contributed by atoms with Crippen LogP contribution in [0.25, 0.3) is 5.69 Å². The summed E-state index contributed by atoms with van der Waals surface area (Å²) in [6.45, 7) is 2.48. The van der Waals surface area contributed by atoms with Gasteiger partial charge in [0.15, 0.2) is 4.92 Å². The first-order valence-electron chi connectivity index (χ1n) is 12.4. The molecular formula is C25H27F2N6O4S+. The zero-order chi connectivity index (χ0) is 26.6. The largest absolute Gasteiger partial charge is 0.483 e. The molecule has 3 heterocycles. The van der Waals surface area contributed by atoms with Crippen LogP contribution >= 0.6 is 11.9 Å². The third kappa shape index (κ3) is 5.78. The summed E-state index contributed by atoms with van der Waals surface area (Å²) in [4.78, 5) is 30.5. The van der Waals surface area contributed by atoms with Crippen molar-refractivity contribution in [3.63, 3.8) is 0 Å². The van der Waals surface area contributed by atoms with E-state index in [1.54, 1.807) is 12.1 Å². The SMILES string of the molecule is O=c1c(OC2CCCC2)c(N2CCN(SCc3cccnc3[N+](=O)O)CC2)cnn1-c1cc(F)cc(F)c1. The molecule has 38 heavy (non-hydrogen) atoms. The standard InChI is InChI=1S/C25H27F2N6O4S/c26-18-12-19(27)14-20(13-18)32-25(34)23(37-21-5-1-2-6-21)22(15-29-32)30-8-10-31(11-9-30)38-16-17-4-3-7-28-24(17)33(35)36/h3-4,7,12-15,21H,1-2,5-6,8-11,16H2,(H,35,36)/q+1. The van der Waals surface area contributed by atoms with Crippen LogP contribution in [0, 0.1) is 16.5 Å². The number of pyridine rings is 1. The number of anilines is 1. The predicted octanol–water partition coefficient (Wildman–Crippen LogP) is 4.00. The van der Waals surface area contributed by atoms with Crippen molar-refractivity contribution in [1.82, 2.24) is 19.1 Å². The molecule has 0 amide bonds. The van der Waals surface area contributed by atoms with Gasteiger partial charge in [-0.2, -0.15) is 9.78 Å². The molecule has 1 aliphatic carbocycles. The zero-order valence-corrected chi connectivity index (χ0v) is 21.3. The molecule has 2 fully saturated rings. The molecule has 200 valence electrons. The normalized spacial score (nSPS) is 16.6. The van der Waals surface area contributed by atoms with Crippen LogP contribution in [-0.2, 0) is 5.75 Å². The van der Waals surface area contributed by atoms with Crippen LogP contribution < -0.4 is 15.2 Å². The van der Waals surface area contributed by atoms with Crippen molar-refractivity contribution < 1.29 is 23.6 Å². The van der Waals surface area contributed by atoms with Crippen molar-refractivity contribution in [2.75, 3.05) is 31.1 Å².